The maximum absolute atomic E-state index is 11.8. The molecule has 5 heteroatoms. The molecule has 1 aliphatic rings. The summed E-state index contributed by atoms with van der Waals surface area (Å²) in [5.41, 5.74) is 2.70. The molecule has 1 aliphatic heterocycles. The molecule has 0 radical (unpaired) electrons. The number of hydrogen-bond acceptors (Lipinski definition) is 2. The fourth-order valence-corrected chi connectivity index (χ4v) is 2.93. The van der Waals surface area contributed by atoms with Crippen molar-refractivity contribution in [1.82, 2.24) is 15.1 Å². The van der Waals surface area contributed by atoms with E-state index in [1.54, 1.807) is 19.0 Å². The van der Waals surface area contributed by atoms with Crippen molar-refractivity contribution in [2.75, 3.05) is 33.7 Å². The number of benzene rings is 1. The minimum atomic E-state index is 0.0208. The second-order valence-electron chi connectivity index (χ2n) is 7.07. The third-order valence-electron chi connectivity index (χ3n) is 4.28. The molecule has 1 atom stereocenters. The van der Waals surface area contributed by atoms with Gasteiger partial charge in [-0.25, -0.2) is 4.99 Å². The summed E-state index contributed by atoms with van der Waals surface area (Å²) in [6, 6.07) is 9.04. The van der Waals surface area contributed by atoms with Gasteiger partial charge in [0.1, 0.15) is 6.54 Å². The molecule has 2 rings (SSSR count). The first-order valence-electron chi connectivity index (χ1n) is 8.69. The minimum Gasteiger partial charge on any atom is -0.354 e. The standard InChI is InChI=1S/C19H30N4O/c1-14(2)21-19(20-12-18(24)22(4)5)23-10-9-17(13-23)16-8-6-7-15(3)11-16/h6-8,11,14,17H,9-10,12-13H2,1-5H3,(H,20,21). The van der Waals surface area contributed by atoms with Gasteiger partial charge in [-0.3, -0.25) is 4.79 Å². The van der Waals surface area contributed by atoms with Crippen LogP contribution in [0.2, 0.25) is 0 Å². The van der Waals surface area contributed by atoms with Gasteiger partial charge in [-0.2, -0.15) is 0 Å². The molecule has 1 saturated heterocycles. The summed E-state index contributed by atoms with van der Waals surface area (Å²) >= 11 is 0. The van der Waals surface area contributed by atoms with Crippen LogP contribution in [-0.2, 0) is 4.79 Å². The quantitative estimate of drug-likeness (QED) is 0.680. The average molecular weight is 330 g/mol. The lowest BCUT2D eigenvalue weighted by Crippen LogP contribution is -2.43. The normalized spacial score (nSPS) is 18.2. The lowest BCUT2D eigenvalue weighted by atomic mass is 9.97. The lowest BCUT2D eigenvalue weighted by molar-refractivity contribution is -0.127. The van der Waals surface area contributed by atoms with Crippen LogP contribution >= 0.6 is 0 Å². The summed E-state index contributed by atoms with van der Waals surface area (Å²) in [6.07, 6.45) is 1.11. The predicted octanol–water partition coefficient (Wildman–Crippen LogP) is 2.23. The van der Waals surface area contributed by atoms with Gasteiger partial charge >= 0.3 is 0 Å². The van der Waals surface area contributed by atoms with Gasteiger partial charge in [0.15, 0.2) is 5.96 Å². The molecule has 1 fully saturated rings. The fourth-order valence-electron chi connectivity index (χ4n) is 2.93. The third-order valence-corrected chi connectivity index (χ3v) is 4.28. The maximum Gasteiger partial charge on any atom is 0.243 e. The zero-order chi connectivity index (χ0) is 17.7. The van der Waals surface area contributed by atoms with Crippen molar-refractivity contribution >= 4 is 11.9 Å². The lowest BCUT2D eigenvalue weighted by Gasteiger charge is -2.24. The van der Waals surface area contributed by atoms with Gasteiger partial charge in [-0.15, -0.1) is 0 Å². The molecular weight excluding hydrogens is 300 g/mol. The number of likely N-dealkylation sites (N-methyl/N-ethyl adjacent to an activating group) is 1. The van der Waals surface area contributed by atoms with Crippen molar-refractivity contribution in [2.24, 2.45) is 4.99 Å². The number of aryl methyl sites for hydroxylation is 1. The van der Waals surface area contributed by atoms with Gasteiger partial charge in [-0.05, 0) is 32.8 Å². The van der Waals surface area contributed by atoms with Crippen LogP contribution in [-0.4, -0.2) is 61.4 Å². The van der Waals surface area contributed by atoms with Crippen LogP contribution in [0.4, 0.5) is 0 Å². The second kappa shape index (κ2) is 8.18. The summed E-state index contributed by atoms with van der Waals surface area (Å²) in [5, 5.41) is 3.40. The molecule has 1 amide bonds. The highest BCUT2D eigenvalue weighted by molar-refractivity contribution is 5.85. The Morgan fingerprint density at radius 2 is 2.17 bits per heavy atom. The van der Waals surface area contributed by atoms with E-state index in [-0.39, 0.29) is 18.5 Å². The molecule has 0 aromatic heterocycles. The molecule has 1 aromatic rings. The fraction of sp³-hybridized carbons (Fsp3) is 0.579. The van der Waals surface area contributed by atoms with E-state index in [2.05, 4.69) is 60.2 Å². The van der Waals surface area contributed by atoms with E-state index >= 15 is 0 Å². The van der Waals surface area contributed by atoms with Crippen LogP contribution in [0.3, 0.4) is 0 Å². The number of likely N-dealkylation sites (tertiary alicyclic amines) is 1. The minimum absolute atomic E-state index is 0.0208. The Morgan fingerprint density at radius 3 is 2.79 bits per heavy atom. The Morgan fingerprint density at radius 1 is 1.42 bits per heavy atom. The smallest absolute Gasteiger partial charge is 0.243 e. The van der Waals surface area contributed by atoms with Crippen molar-refractivity contribution in [1.29, 1.82) is 0 Å². The van der Waals surface area contributed by atoms with Crippen LogP contribution in [0.15, 0.2) is 29.3 Å². The van der Waals surface area contributed by atoms with Crippen molar-refractivity contribution in [3.63, 3.8) is 0 Å². The van der Waals surface area contributed by atoms with Crippen LogP contribution < -0.4 is 5.32 Å². The first-order chi connectivity index (χ1) is 11.4. The van der Waals surface area contributed by atoms with Crippen molar-refractivity contribution < 1.29 is 4.79 Å². The third kappa shape index (κ3) is 4.98. The van der Waals surface area contributed by atoms with E-state index in [0.29, 0.717) is 5.92 Å². The Kier molecular flexibility index (Phi) is 6.23. The second-order valence-corrected chi connectivity index (χ2v) is 7.07. The number of carbonyl (C=O) groups excluding carboxylic acids is 1. The molecular formula is C19H30N4O. The highest BCUT2D eigenvalue weighted by Crippen LogP contribution is 2.27. The molecule has 0 aliphatic carbocycles. The number of guanidine groups is 1. The van der Waals surface area contributed by atoms with Crippen LogP contribution in [0, 0.1) is 6.92 Å². The van der Waals surface area contributed by atoms with Gasteiger partial charge in [0.25, 0.3) is 0 Å². The van der Waals surface area contributed by atoms with E-state index in [4.69, 9.17) is 0 Å². The van der Waals surface area contributed by atoms with Crippen LogP contribution in [0.5, 0.6) is 0 Å². The molecule has 1 unspecified atom stereocenters. The van der Waals surface area contributed by atoms with Crippen molar-refractivity contribution in [3.05, 3.63) is 35.4 Å². The van der Waals surface area contributed by atoms with E-state index in [1.165, 1.54) is 11.1 Å². The first kappa shape index (κ1) is 18.3. The van der Waals surface area contributed by atoms with Gasteiger partial charge in [0.2, 0.25) is 5.91 Å². The maximum atomic E-state index is 11.8. The van der Waals surface area contributed by atoms with Gasteiger partial charge in [0, 0.05) is 39.1 Å². The Bertz CT molecular complexity index is 595. The molecule has 1 N–H and O–H groups in total. The molecule has 5 nitrogen and oxygen atoms in total. The molecule has 1 aromatic carbocycles. The van der Waals surface area contributed by atoms with Gasteiger partial charge < -0.3 is 15.1 Å². The molecule has 0 bridgehead atoms. The average Bonchev–Trinajstić information content (AvgIpc) is 3.00. The number of nitrogens with one attached hydrogen (secondary N) is 1. The number of hydrogen-bond donors (Lipinski definition) is 1. The Labute approximate surface area is 145 Å². The summed E-state index contributed by atoms with van der Waals surface area (Å²) in [4.78, 5) is 20.2. The number of carbonyl (C=O) groups is 1. The van der Waals surface area contributed by atoms with E-state index in [1.807, 2.05) is 0 Å². The highest BCUT2D eigenvalue weighted by atomic mass is 16.2. The largest absolute Gasteiger partial charge is 0.354 e. The first-order valence-corrected chi connectivity index (χ1v) is 8.69. The summed E-state index contributed by atoms with van der Waals surface area (Å²) < 4.78 is 0. The topological polar surface area (TPSA) is 47.9 Å². The summed E-state index contributed by atoms with van der Waals surface area (Å²) in [7, 11) is 3.52. The molecule has 0 spiro atoms. The molecule has 1 heterocycles. The van der Waals surface area contributed by atoms with Gasteiger partial charge in [-0.1, -0.05) is 29.8 Å². The van der Waals surface area contributed by atoms with Crippen LogP contribution in [0.1, 0.15) is 37.3 Å². The SMILES string of the molecule is Cc1cccc(C2CCN(C(=NCC(=O)N(C)C)NC(C)C)C2)c1. The number of aliphatic imine (C=N–C) groups is 1. The molecule has 0 saturated carbocycles. The van der Waals surface area contributed by atoms with E-state index < -0.39 is 0 Å². The van der Waals surface area contributed by atoms with Crippen molar-refractivity contribution in [2.45, 2.75) is 39.2 Å². The zero-order valence-corrected chi connectivity index (χ0v) is 15.5. The Balaban J connectivity index is 2.08. The molecule has 132 valence electrons. The monoisotopic (exact) mass is 330 g/mol. The zero-order valence-electron chi connectivity index (χ0n) is 15.5. The van der Waals surface area contributed by atoms with E-state index in [9.17, 15) is 4.79 Å². The van der Waals surface area contributed by atoms with Crippen LogP contribution in [0.25, 0.3) is 0 Å². The number of rotatable bonds is 4. The van der Waals surface area contributed by atoms with Crippen molar-refractivity contribution in [3.8, 4) is 0 Å². The summed E-state index contributed by atoms with van der Waals surface area (Å²) in [5.74, 6) is 1.39. The summed E-state index contributed by atoms with van der Waals surface area (Å²) in [6.45, 7) is 8.42. The highest BCUT2D eigenvalue weighted by Gasteiger charge is 2.26. The predicted molar refractivity (Wildman–Crippen MR) is 99.4 cm³/mol. The van der Waals surface area contributed by atoms with Gasteiger partial charge in [0.05, 0.1) is 0 Å². The molecule has 24 heavy (non-hydrogen) atoms. The number of amides is 1. The Hall–Kier alpha value is -2.04. The number of nitrogens with zero attached hydrogens (tertiary/aromatic N) is 3. The van der Waals surface area contributed by atoms with E-state index in [0.717, 1.165) is 25.5 Å².